The molecule has 0 aliphatic rings. The molecule has 0 aliphatic carbocycles. The summed E-state index contributed by atoms with van der Waals surface area (Å²) in [7, 11) is 0.241. The highest BCUT2D eigenvalue weighted by Gasteiger charge is 1.99. The first-order valence-corrected chi connectivity index (χ1v) is 9.51. The average molecular weight is 288 g/mol. The maximum Gasteiger partial charge on any atom is 0.00111 e. The summed E-state index contributed by atoms with van der Waals surface area (Å²) in [6.45, 7) is 0. The molecular formula is C17H20S2. The predicted molar refractivity (Wildman–Crippen MR) is 93.2 cm³/mol. The van der Waals surface area contributed by atoms with Gasteiger partial charge in [-0.3, -0.25) is 0 Å². The molecule has 2 atom stereocenters. The first-order chi connectivity index (χ1) is 9.27. The predicted octanol–water partition coefficient (Wildman–Crippen LogP) is 4.90. The van der Waals surface area contributed by atoms with Crippen LogP contribution in [-0.2, 0) is 0 Å². The van der Waals surface area contributed by atoms with Crippen molar-refractivity contribution in [2.45, 2.75) is 16.2 Å². The molecule has 0 heterocycles. The van der Waals surface area contributed by atoms with Crippen molar-refractivity contribution in [2.75, 3.05) is 11.5 Å². The van der Waals surface area contributed by atoms with Gasteiger partial charge < -0.3 is 0 Å². The molecule has 0 amide bonds. The molecule has 0 nitrogen and oxygen atoms in total. The van der Waals surface area contributed by atoms with Crippen LogP contribution in [0.4, 0.5) is 0 Å². The van der Waals surface area contributed by atoms with Crippen LogP contribution in [0.2, 0.25) is 0 Å². The van der Waals surface area contributed by atoms with Gasteiger partial charge in [-0.2, -0.15) is 21.0 Å². The van der Waals surface area contributed by atoms with E-state index in [-0.39, 0.29) is 21.0 Å². The van der Waals surface area contributed by atoms with Gasteiger partial charge in [0.05, 0.1) is 0 Å². The molecule has 0 saturated heterocycles. The summed E-state index contributed by atoms with van der Waals surface area (Å²) in [4.78, 5) is 2.73. The number of rotatable bonds is 6. The Hall–Kier alpha value is -1.12. The van der Waals surface area contributed by atoms with E-state index >= 15 is 0 Å². The zero-order chi connectivity index (χ0) is 13.5. The summed E-state index contributed by atoms with van der Waals surface area (Å²) in [5, 5.41) is 0. The smallest absolute Gasteiger partial charge is 0.00111 e. The number of benzene rings is 2. The van der Waals surface area contributed by atoms with Crippen molar-refractivity contribution in [1.82, 2.24) is 0 Å². The molecule has 2 heteroatoms. The fraction of sp³-hybridized carbons (Fsp3) is 0.176. The minimum absolute atomic E-state index is 0.120. The van der Waals surface area contributed by atoms with E-state index in [0.29, 0.717) is 0 Å². The maximum atomic E-state index is 4.29. The molecule has 0 saturated carbocycles. The van der Waals surface area contributed by atoms with Gasteiger partial charge in [-0.15, -0.1) is 0 Å². The van der Waals surface area contributed by atoms with Crippen LogP contribution in [-0.4, -0.2) is 23.2 Å². The fourth-order valence-electron chi connectivity index (χ4n) is 1.87. The largest absolute Gasteiger partial charge is 0.162 e. The minimum atomic E-state index is 0.120. The Kier molecular flexibility index (Phi) is 5.62. The van der Waals surface area contributed by atoms with Crippen LogP contribution >= 0.6 is 21.0 Å². The van der Waals surface area contributed by atoms with Crippen LogP contribution in [0.25, 0.3) is 0 Å². The lowest BCUT2D eigenvalue weighted by atomic mass is 10.4. The molecule has 100 valence electrons. The monoisotopic (exact) mass is 288 g/mol. The van der Waals surface area contributed by atoms with E-state index in [1.807, 2.05) is 0 Å². The van der Waals surface area contributed by atoms with E-state index in [0.717, 1.165) is 11.5 Å². The van der Waals surface area contributed by atoms with Crippen LogP contribution in [0, 0.1) is 0 Å². The third-order valence-corrected chi connectivity index (χ3v) is 6.38. The van der Waals surface area contributed by atoms with Crippen molar-refractivity contribution in [2.24, 2.45) is 0 Å². The molecule has 0 spiro atoms. The molecule has 0 fully saturated rings. The standard InChI is InChI=1S/C17H20S2/c1-18(16-10-5-3-6-11-16)14-9-15-19(2)17-12-7-4-8-13-17/h3-8,10-13H,1-2,9,14-15H2. The molecular weight excluding hydrogens is 268 g/mol. The van der Waals surface area contributed by atoms with E-state index in [9.17, 15) is 0 Å². The van der Waals surface area contributed by atoms with Crippen molar-refractivity contribution >= 4 is 32.7 Å². The molecule has 0 bridgehead atoms. The second kappa shape index (κ2) is 7.46. The molecule has 0 N–H and O–H groups in total. The molecule has 2 unspecified atom stereocenters. The SMILES string of the molecule is C=S(CCCS(=C)c1ccccc1)c1ccccc1. The van der Waals surface area contributed by atoms with Gasteiger partial charge in [0, 0.05) is 9.79 Å². The second-order valence-corrected chi connectivity index (χ2v) is 8.10. The van der Waals surface area contributed by atoms with E-state index < -0.39 is 0 Å². The highest BCUT2D eigenvalue weighted by Crippen LogP contribution is 2.28. The van der Waals surface area contributed by atoms with Crippen LogP contribution in [0.3, 0.4) is 0 Å². The molecule has 0 radical (unpaired) electrons. The normalized spacial score (nSPS) is 13.9. The Morgan fingerprint density at radius 3 is 1.37 bits per heavy atom. The van der Waals surface area contributed by atoms with Gasteiger partial charge in [0.15, 0.2) is 0 Å². The molecule has 2 aromatic rings. The van der Waals surface area contributed by atoms with Gasteiger partial charge in [0.25, 0.3) is 0 Å². The topological polar surface area (TPSA) is 0 Å². The highest BCUT2D eigenvalue weighted by molar-refractivity contribution is 8.15. The zero-order valence-electron chi connectivity index (χ0n) is 11.1. The van der Waals surface area contributed by atoms with E-state index in [4.69, 9.17) is 0 Å². The van der Waals surface area contributed by atoms with Crippen LogP contribution in [0.5, 0.6) is 0 Å². The summed E-state index contributed by atoms with van der Waals surface area (Å²) in [6.07, 6.45) is 1.20. The van der Waals surface area contributed by atoms with Crippen molar-refractivity contribution in [3.8, 4) is 0 Å². The van der Waals surface area contributed by atoms with Gasteiger partial charge in [0.1, 0.15) is 0 Å². The maximum absolute atomic E-state index is 4.29. The first-order valence-electron chi connectivity index (χ1n) is 6.38. The first kappa shape index (κ1) is 14.3. The lowest BCUT2D eigenvalue weighted by Crippen LogP contribution is -1.89. The van der Waals surface area contributed by atoms with Gasteiger partial charge in [-0.25, -0.2) is 0 Å². The lowest BCUT2D eigenvalue weighted by molar-refractivity contribution is 1.12. The van der Waals surface area contributed by atoms with Crippen LogP contribution < -0.4 is 0 Å². The zero-order valence-corrected chi connectivity index (χ0v) is 12.8. The molecule has 0 aliphatic heterocycles. The van der Waals surface area contributed by atoms with E-state index in [2.05, 4.69) is 72.4 Å². The summed E-state index contributed by atoms with van der Waals surface area (Å²) >= 11 is 0. The van der Waals surface area contributed by atoms with Gasteiger partial charge >= 0.3 is 0 Å². The van der Waals surface area contributed by atoms with E-state index in [1.54, 1.807) is 0 Å². The minimum Gasteiger partial charge on any atom is -0.162 e. The number of hydrogen-bond acceptors (Lipinski definition) is 0. The van der Waals surface area contributed by atoms with Crippen LogP contribution in [0.15, 0.2) is 70.5 Å². The van der Waals surface area contributed by atoms with Crippen molar-refractivity contribution in [3.63, 3.8) is 0 Å². The summed E-state index contributed by atoms with van der Waals surface area (Å²) in [6, 6.07) is 21.2. The molecule has 0 aromatic heterocycles. The number of hydrogen-bond donors (Lipinski definition) is 0. The Balaban J connectivity index is 1.81. The lowest BCUT2D eigenvalue weighted by Gasteiger charge is -2.10. The Labute approximate surface area is 121 Å². The van der Waals surface area contributed by atoms with Crippen molar-refractivity contribution in [1.29, 1.82) is 0 Å². The average Bonchev–Trinajstić information content (AvgIpc) is 2.49. The molecule has 2 rings (SSSR count). The molecule has 2 aromatic carbocycles. The fourth-order valence-corrected chi connectivity index (χ4v) is 4.59. The summed E-state index contributed by atoms with van der Waals surface area (Å²) < 4.78 is 0. The summed E-state index contributed by atoms with van der Waals surface area (Å²) in [5.41, 5.74) is 0. The Morgan fingerprint density at radius 1 is 0.632 bits per heavy atom. The van der Waals surface area contributed by atoms with Gasteiger partial charge in [-0.1, -0.05) is 48.1 Å². The second-order valence-electron chi connectivity index (χ2n) is 4.37. The van der Waals surface area contributed by atoms with Gasteiger partial charge in [0.2, 0.25) is 0 Å². The Bertz CT molecular complexity index is 492. The summed E-state index contributed by atoms with van der Waals surface area (Å²) in [5.74, 6) is 10.9. The van der Waals surface area contributed by atoms with Crippen molar-refractivity contribution in [3.05, 3.63) is 60.7 Å². The van der Waals surface area contributed by atoms with Gasteiger partial charge in [-0.05, 0) is 42.2 Å². The third-order valence-electron chi connectivity index (χ3n) is 2.93. The third kappa shape index (κ3) is 4.48. The molecule has 19 heavy (non-hydrogen) atoms. The van der Waals surface area contributed by atoms with Crippen molar-refractivity contribution < 1.29 is 0 Å². The quantitative estimate of drug-likeness (QED) is 0.663. The Morgan fingerprint density at radius 2 is 1.00 bits per heavy atom. The highest BCUT2D eigenvalue weighted by atomic mass is 32.2. The van der Waals surface area contributed by atoms with E-state index in [1.165, 1.54) is 16.2 Å². The van der Waals surface area contributed by atoms with Crippen LogP contribution in [0.1, 0.15) is 6.42 Å².